The summed E-state index contributed by atoms with van der Waals surface area (Å²) in [5.74, 6) is 0.131. The average Bonchev–Trinajstić information content (AvgIpc) is 2.61. The maximum absolute atomic E-state index is 12.4. The first-order valence-electron chi connectivity index (χ1n) is 9.39. The Balaban J connectivity index is 1.74. The number of nitrogens with one attached hydrogen (secondary N) is 1. The van der Waals surface area contributed by atoms with Gasteiger partial charge < -0.3 is 14.5 Å². The van der Waals surface area contributed by atoms with E-state index in [9.17, 15) is 9.59 Å². The Bertz CT molecular complexity index is 856. The zero-order valence-corrected chi connectivity index (χ0v) is 16.2. The van der Waals surface area contributed by atoms with E-state index in [4.69, 9.17) is 9.15 Å². The summed E-state index contributed by atoms with van der Waals surface area (Å²) in [6, 6.07) is 13.0. The summed E-state index contributed by atoms with van der Waals surface area (Å²) >= 11 is 0. The van der Waals surface area contributed by atoms with Crippen LogP contribution in [0.25, 0.3) is 0 Å². The molecule has 0 bridgehead atoms. The van der Waals surface area contributed by atoms with E-state index < -0.39 is 0 Å². The number of benzene rings is 1. The fourth-order valence-corrected chi connectivity index (χ4v) is 4.09. The van der Waals surface area contributed by atoms with Crippen LogP contribution in [0.3, 0.4) is 0 Å². The number of hydrogen-bond acceptors (Lipinski definition) is 4. The highest BCUT2D eigenvalue weighted by Crippen LogP contribution is 2.43. The smallest absolute Gasteiger partial charge is 0.287 e. The standard InChI is InChI=1S/C22H27NO4/c1-16-13-18(24)14-19(27-16)20(25)23-11-9-22(17-7-5-4-6-8-17)10-12-26-21(2,3)15-22/h4-8,13-14H,9-12,15H2,1-3H3,(H,23,25)/t22-/m1/s1. The molecule has 5 nitrogen and oxygen atoms in total. The molecule has 1 saturated heterocycles. The third-order valence-corrected chi connectivity index (χ3v) is 5.23. The third kappa shape index (κ3) is 4.66. The highest BCUT2D eigenvalue weighted by atomic mass is 16.5. The molecular weight excluding hydrogens is 342 g/mol. The average molecular weight is 369 g/mol. The fourth-order valence-electron chi connectivity index (χ4n) is 4.09. The number of amides is 1. The van der Waals surface area contributed by atoms with Crippen molar-refractivity contribution in [2.24, 2.45) is 0 Å². The molecule has 1 aliphatic rings. The highest BCUT2D eigenvalue weighted by molar-refractivity contribution is 5.91. The van der Waals surface area contributed by atoms with Crippen LogP contribution in [0.2, 0.25) is 0 Å². The molecule has 2 heterocycles. The molecule has 0 aliphatic carbocycles. The molecule has 0 radical (unpaired) electrons. The maximum atomic E-state index is 12.4. The quantitative estimate of drug-likeness (QED) is 0.874. The largest absolute Gasteiger partial charge is 0.456 e. The second-order valence-electron chi connectivity index (χ2n) is 7.96. The Labute approximate surface area is 159 Å². The van der Waals surface area contributed by atoms with E-state index in [2.05, 4.69) is 43.4 Å². The number of ether oxygens (including phenoxy) is 1. The van der Waals surface area contributed by atoms with Gasteiger partial charge >= 0.3 is 0 Å². The predicted octanol–water partition coefficient (Wildman–Crippen LogP) is 3.60. The Morgan fingerprint density at radius 1 is 1.19 bits per heavy atom. The summed E-state index contributed by atoms with van der Waals surface area (Å²) in [5.41, 5.74) is 0.791. The third-order valence-electron chi connectivity index (χ3n) is 5.23. The minimum Gasteiger partial charge on any atom is -0.456 e. The maximum Gasteiger partial charge on any atom is 0.287 e. The molecule has 1 fully saturated rings. The Morgan fingerprint density at radius 2 is 1.93 bits per heavy atom. The van der Waals surface area contributed by atoms with Crippen LogP contribution in [0.1, 0.15) is 55.0 Å². The van der Waals surface area contributed by atoms with Gasteiger partial charge in [-0.25, -0.2) is 0 Å². The molecule has 1 aliphatic heterocycles. The van der Waals surface area contributed by atoms with Gasteiger partial charge in [-0.05, 0) is 45.6 Å². The number of hydrogen-bond donors (Lipinski definition) is 1. The topological polar surface area (TPSA) is 68.5 Å². The molecule has 0 saturated carbocycles. The van der Waals surface area contributed by atoms with Crippen molar-refractivity contribution >= 4 is 5.91 Å². The van der Waals surface area contributed by atoms with Crippen LogP contribution in [-0.4, -0.2) is 24.7 Å². The van der Waals surface area contributed by atoms with E-state index >= 15 is 0 Å². The lowest BCUT2D eigenvalue weighted by molar-refractivity contribution is -0.0838. The van der Waals surface area contributed by atoms with Gasteiger partial charge in [0.25, 0.3) is 5.91 Å². The summed E-state index contributed by atoms with van der Waals surface area (Å²) in [4.78, 5) is 24.0. The second-order valence-corrected chi connectivity index (χ2v) is 7.96. The minimum atomic E-state index is -0.356. The van der Waals surface area contributed by atoms with Crippen LogP contribution in [0, 0.1) is 6.92 Å². The van der Waals surface area contributed by atoms with Gasteiger partial charge in [0.15, 0.2) is 11.2 Å². The van der Waals surface area contributed by atoms with Crippen LogP contribution < -0.4 is 10.7 Å². The van der Waals surface area contributed by atoms with Crippen molar-refractivity contribution in [3.63, 3.8) is 0 Å². The van der Waals surface area contributed by atoms with E-state index in [0.717, 1.165) is 19.3 Å². The first kappa shape index (κ1) is 19.4. The van der Waals surface area contributed by atoms with Crippen molar-refractivity contribution < 1.29 is 13.9 Å². The number of rotatable bonds is 5. The Kier molecular flexibility index (Phi) is 5.51. The molecule has 3 rings (SSSR count). The lowest BCUT2D eigenvalue weighted by Gasteiger charge is -2.45. The molecule has 0 spiro atoms. The summed E-state index contributed by atoms with van der Waals surface area (Å²) in [7, 11) is 0. The van der Waals surface area contributed by atoms with Crippen LogP contribution in [0.15, 0.2) is 51.7 Å². The predicted molar refractivity (Wildman–Crippen MR) is 104 cm³/mol. The molecule has 1 aromatic heterocycles. The first-order valence-corrected chi connectivity index (χ1v) is 9.39. The minimum absolute atomic E-state index is 0.0519. The number of carbonyl (C=O) groups is 1. The fraction of sp³-hybridized carbons (Fsp3) is 0.455. The molecule has 27 heavy (non-hydrogen) atoms. The van der Waals surface area contributed by atoms with Crippen LogP contribution in [0.4, 0.5) is 0 Å². The van der Waals surface area contributed by atoms with Crippen molar-refractivity contribution in [2.45, 2.75) is 51.0 Å². The molecule has 5 heteroatoms. The van der Waals surface area contributed by atoms with Crippen LogP contribution in [0.5, 0.6) is 0 Å². The molecule has 1 atom stereocenters. The zero-order valence-electron chi connectivity index (χ0n) is 16.2. The number of aryl methyl sites for hydroxylation is 1. The van der Waals surface area contributed by atoms with E-state index in [1.807, 2.05) is 6.07 Å². The van der Waals surface area contributed by atoms with Crippen molar-refractivity contribution in [1.29, 1.82) is 0 Å². The summed E-state index contributed by atoms with van der Waals surface area (Å²) in [5, 5.41) is 2.91. The van der Waals surface area contributed by atoms with Crippen molar-refractivity contribution in [3.8, 4) is 0 Å². The second kappa shape index (κ2) is 7.69. The summed E-state index contributed by atoms with van der Waals surface area (Å²) < 4.78 is 11.3. The van der Waals surface area contributed by atoms with Crippen LogP contribution >= 0.6 is 0 Å². The molecule has 2 aromatic rings. The van der Waals surface area contributed by atoms with Gasteiger partial charge in [-0.3, -0.25) is 9.59 Å². The summed E-state index contributed by atoms with van der Waals surface area (Å²) in [6.45, 7) is 7.09. The highest BCUT2D eigenvalue weighted by Gasteiger charge is 2.41. The van der Waals surface area contributed by atoms with Gasteiger partial charge in [0, 0.05) is 30.7 Å². The first-order chi connectivity index (χ1) is 12.8. The molecule has 0 unspecified atom stereocenters. The molecule has 144 valence electrons. The Hall–Kier alpha value is -2.40. The molecular formula is C22H27NO4. The van der Waals surface area contributed by atoms with Crippen LogP contribution in [-0.2, 0) is 10.2 Å². The Morgan fingerprint density at radius 3 is 2.59 bits per heavy atom. The van der Waals surface area contributed by atoms with Crippen molar-refractivity contribution in [2.75, 3.05) is 13.2 Å². The lowest BCUT2D eigenvalue weighted by Crippen LogP contribution is -2.45. The SMILES string of the molecule is Cc1cc(=O)cc(C(=O)NCC[C@@]2(c3ccccc3)CCOC(C)(C)C2)o1. The van der Waals surface area contributed by atoms with Crippen molar-refractivity contribution in [3.05, 3.63) is 69.8 Å². The zero-order chi connectivity index (χ0) is 19.5. The summed E-state index contributed by atoms with van der Waals surface area (Å²) in [6.07, 6.45) is 2.60. The van der Waals surface area contributed by atoms with Gasteiger partial charge in [0.1, 0.15) is 5.76 Å². The van der Waals surface area contributed by atoms with E-state index in [0.29, 0.717) is 18.9 Å². The number of carbonyl (C=O) groups excluding carboxylic acids is 1. The van der Waals surface area contributed by atoms with E-state index in [1.54, 1.807) is 6.92 Å². The van der Waals surface area contributed by atoms with Gasteiger partial charge in [-0.15, -0.1) is 0 Å². The van der Waals surface area contributed by atoms with Gasteiger partial charge in [0.05, 0.1) is 5.60 Å². The normalized spacial score (nSPS) is 21.6. The van der Waals surface area contributed by atoms with Gasteiger partial charge in [-0.1, -0.05) is 30.3 Å². The van der Waals surface area contributed by atoms with E-state index in [1.165, 1.54) is 17.7 Å². The molecule has 1 N–H and O–H groups in total. The van der Waals surface area contributed by atoms with Gasteiger partial charge in [0.2, 0.25) is 0 Å². The van der Waals surface area contributed by atoms with Gasteiger partial charge in [-0.2, -0.15) is 0 Å². The van der Waals surface area contributed by atoms with Crippen molar-refractivity contribution in [1.82, 2.24) is 5.32 Å². The lowest BCUT2D eigenvalue weighted by atomic mass is 9.67. The monoisotopic (exact) mass is 369 g/mol. The molecule has 1 aromatic carbocycles. The van der Waals surface area contributed by atoms with E-state index in [-0.39, 0.29) is 28.1 Å². The molecule has 1 amide bonds.